The van der Waals surface area contributed by atoms with Gasteiger partial charge < -0.3 is 14.8 Å². The van der Waals surface area contributed by atoms with Crippen molar-refractivity contribution in [1.29, 1.82) is 0 Å². The van der Waals surface area contributed by atoms with Gasteiger partial charge in [-0.05, 0) is 20.0 Å². The minimum Gasteiger partial charge on any atom is -0.494 e. The second-order valence-electron chi connectivity index (χ2n) is 3.57. The summed E-state index contributed by atoms with van der Waals surface area (Å²) in [6.07, 6.45) is -0.119. The van der Waals surface area contributed by atoms with Crippen LogP contribution in [0.5, 0.6) is 5.75 Å². The maximum absolute atomic E-state index is 14.0. The minimum atomic E-state index is -0.340. The summed E-state index contributed by atoms with van der Waals surface area (Å²) in [5, 5.41) is 3.04. The van der Waals surface area contributed by atoms with Crippen molar-refractivity contribution in [1.82, 2.24) is 5.32 Å². The normalized spacial score (nSPS) is 14.6. The maximum atomic E-state index is 14.0. The van der Waals surface area contributed by atoms with Gasteiger partial charge in [0.2, 0.25) is 0 Å². The van der Waals surface area contributed by atoms with Gasteiger partial charge in [-0.3, -0.25) is 0 Å². The number of halogens is 1. The SMILES string of the molecule is CNC(c1cccc(OC)c1F)C(C)OC. The first-order valence-electron chi connectivity index (χ1n) is 5.18. The molecule has 0 aliphatic heterocycles. The van der Waals surface area contributed by atoms with E-state index in [2.05, 4.69) is 5.32 Å². The topological polar surface area (TPSA) is 30.5 Å². The van der Waals surface area contributed by atoms with E-state index in [9.17, 15) is 4.39 Å². The molecule has 1 rings (SSSR count). The first-order valence-corrected chi connectivity index (χ1v) is 5.18. The number of likely N-dealkylation sites (N-methyl/N-ethyl adjacent to an activating group) is 1. The molecule has 0 spiro atoms. The molecule has 0 amide bonds. The predicted octanol–water partition coefficient (Wildman–Crippen LogP) is 2.13. The Morgan fingerprint density at radius 2 is 2.00 bits per heavy atom. The predicted molar refractivity (Wildman–Crippen MR) is 61.2 cm³/mol. The van der Waals surface area contributed by atoms with E-state index in [4.69, 9.17) is 9.47 Å². The van der Waals surface area contributed by atoms with Crippen molar-refractivity contribution < 1.29 is 13.9 Å². The van der Waals surface area contributed by atoms with Crippen LogP contribution in [0.3, 0.4) is 0 Å². The van der Waals surface area contributed by atoms with Crippen LogP contribution < -0.4 is 10.1 Å². The molecule has 1 aromatic rings. The van der Waals surface area contributed by atoms with Gasteiger partial charge in [0.15, 0.2) is 11.6 Å². The first-order chi connectivity index (χ1) is 7.65. The average Bonchev–Trinajstić information content (AvgIpc) is 2.31. The lowest BCUT2D eigenvalue weighted by molar-refractivity contribution is 0.0843. The summed E-state index contributed by atoms with van der Waals surface area (Å²) in [6, 6.07) is 4.90. The fraction of sp³-hybridized carbons (Fsp3) is 0.500. The molecule has 90 valence electrons. The number of benzene rings is 1. The summed E-state index contributed by atoms with van der Waals surface area (Å²) in [5.41, 5.74) is 0.552. The number of methoxy groups -OCH3 is 2. The molecular formula is C12H18FNO2. The van der Waals surface area contributed by atoms with Gasteiger partial charge in [-0.25, -0.2) is 4.39 Å². The van der Waals surface area contributed by atoms with Crippen molar-refractivity contribution in [2.75, 3.05) is 21.3 Å². The van der Waals surface area contributed by atoms with Crippen molar-refractivity contribution in [3.8, 4) is 5.75 Å². The van der Waals surface area contributed by atoms with E-state index in [-0.39, 0.29) is 23.7 Å². The zero-order chi connectivity index (χ0) is 12.1. The zero-order valence-corrected chi connectivity index (χ0v) is 10.1. The third-order valence-electron chi connectivity index (χ3n) is 2.70. The quantitative estimate of drug-likeness (QED) is 0.836. The summed E-state index contributed by atoms with van der Waals surface area (Å²) >= 11 is 0. The van der Waals surface area contributed by atoms with Gasteiger partial charge in [-0.15, -0.1) is 0 Å². The Balaban J connectivity index is 3.10. The number of rotatable bonds is 5. The standard InChI is InChI=1S/C12H18FNO2/c1-8(15-3)12(14-2)9-6-5-7-10(16-4)11(9)13/h5-8,12,14H,1-4H3. The third kappa shape index (κ3) is 2.51. The van der Waals surface area contributed by atoms with Crippen LogP contribution >= 0.6 is 0 Å². The van der Waals surface area contributed by atoms with Gasteiger partial charge in [0, 0.05) is 12.7 Å². The summed E-state index contributed by atoms with van der Waals surface area (Å²) in [7, 11) is 4.84. The van der Waals surface area contributed by atoms with Gasteiger partial charge >= 0.3 is 0 Å². The summed E-state index contributed by atoms with van der Waals surface area (Å²) in [5.74, 6) is -0.0886. The van der Waals surface area contributed by atoms with E-state index < -0.39 is 0 Å². The number of ether oxygens (including phenoxy) is 2. The lowest BCUT2D eigenvalue weighted by Gasteiger charge is -2.23. The highest BCUT2D eigenvalue weighted by molar-refractivity contribution is 5.33. The Hall–Kier alpha value is -1.13. The monoisotopic (exact) mass is 227 g/mol. The Morgan fingerprint density at radius 3 is 2.50 bits per heavy atom. The van der Waals surface area contributed by atoms with E-state index in [0.29, 0.717) is 5.56 Å². The van der Waals surface area contributed by atoms with Crippen molar-refractivity contribution >= 4 is 0 Å². The second-order valence-corrected chi connectivity index (χ2v) is 3.57. The largest absolute Gasteiger partial charge is 0.494 e. The molecular weight excluding hydrogens is 209 g/mol. The molecule has 3 nitrogen and oxygen atoms in total. The first kappa shape index (κ1) is 12.9. The molecule has 4 heteroatoms. The molecule has 0 bridgehead atoms. The van der Waals surface area contributed by atoms with Gasteiger partial charge in [0.1, 0.15) is 0 Å². The lowest BCUT2D eigenvalue weighted by atomic mass is 10.0. The molecule has 1 N–H and O–H groups in total. The van der Waals surface area contributed by atoms with E-state index >= 15 is 0 Å². The fourth-order valence-electron chi connectivity index (χ4n) is 1.70. The van der Waals surface area contributed by atoms with Gasteiger partial charge in [0.05, 0.1) is 19.3 Å². The maximum Gasteiger partial charge on any atom is 0.169 e. The van der Waals surface area contributed by atoms with Crippen LogP contribution in [0.25, 0.3) is 0 Å². The molecule has 0 heterocycles. The fourth-order valence-corrected chi connectivity index (χ4v) is 1.70. The average molecular weight is 227 g/mol. The Kier molecular flexibility index (Phi) is 4.71. The van der Waals surface area contributed by atoms with Crippen LogP contribution in [0, 0.1) is 5.82 Å². The Labute approximate surface area is 95.6 Å². The minimum absolute atomic E-state index is 0.119. The van der Waals surface area contributed by atoms with Crippen molar-refractivity contribution in [2.45, 2.75) is 19.1 Å². The van der Waals surface area contributed by atoms with Crippen LogP contribution in [0.15, 0.2) is 18.2 Å². The van der Waals surface area contributed by atoms with Crippen molar-refractivity contribution in [3.63, 3.8) is 0 Å². The highest BCUT2D eigenvalue weighted by Crippen LogP contribution is 2.27. The Bertz CT molecular complexity index is 344. The molecule has 16 heavy (non-hydrogen) atoms. The molecule has 1 aromatic carbocycles. The van der Waals surface area contributed by atoms with Crippen molar-refractivity contribution in [2.24, 2.45) is 0 Å². The van der Waals surface area contributed by atoms with E-state index in [1.165, 1.54) is 7.11 Å². The number of hydrogen-bond donors (Lipinski definition) is 1. The molecule has 0 aliphatic rings. The van der Waals surface area contributed by atoms with E-state index in [0.717, 1.165) is 0 Å². The molecule has 2 unspecified atom stereocenters. The van der Waals surface area contributed by atoms with Gasteiger partial charge in [-0.2, -0.15) is 0 Å². The smallest absolute Gasteiger partial charge is 0.169 e. The van der Waals surface area contributed by atoms with Gasteiger partial charge in [-0.1, -0.05) is 12.1 Å². The molecule has 0 aliphatic carbocycles. The molecule has 0 fully saturated rings. The molecule has 0 aromatic heterocycles. The van der Waals surface area contributed by atoms with Crippen molar-refractivity contribution in [3.05, 3.63) is 29.6 Å². The van der Waals surface area contributed by atoms with Crippen LogP contribution in [-0.2, 0) is 4.74 Å². The number of nitrogens with one attached hydrogen (secondary N) is 1. The van der Waals surface area contributed by atoms with Gasteiger partial charge in [0.25, 0.3) is 0 Å². The Morgan fingerprint density at radius 1 is 1.31 bits per heavy atom. The van der Waals surface area contributed by atoms with Crippen LogP contribution in [0.1, 0.15) is 18.5 Å². The van der Waals surface area contributed by atoms with Crippen LogP contribution in [0.2, 0.25) is 0 Å². The highest BCUT2D eigenvalue weighted by atomic mass is 19.1. The molecule has 0 radical (unpaired) electrons. The summed E-state index contributed by atoms with van der Waals surface area (Å²) in [4.78, 5) is 0. The van der Waals surface area contributed by atoms with Crippen LogP contribution in [-0.4, -0.2) is 27.4 Å². The third-order valence-corrected chi connectivity index (χ3v) is 2.70. The summed E-state index contributed by atoms with van der Waals surface area (Å²) in [6.45, 7) is 1.89. The molecule has 2 atom stereocenters. The van der Waals surface area contributed by atoms with E-state index in [1.54, 1.807) is 32.4 Å². The molecule has 0 saturated carbocycles. The lowest BCUT2D eigenvalue weighted by Crippen LogP contribution is -2.29. The molecule has 0 saturated heterocycles. The number of hydrogen-bond acceptors (Lipinski definition) is 3. The zero-order valence-electron chi connectivity index (χ0n) is 10.1. The van der Waals surface area contributed by atoms with Crippen LogP contribution in [0.4, 0.5) is 4.39 Å². The highest BCUT2D eigenvalue weighted by Gasteiger charge is 2.22. The van der Waals surface area contributed by atoms with E-state index in [1.807, 2.05) is 6.92 Å². The second kappa shape index (κ2) is 5.82. The summed E-state index contributed by atoms with van der Waals surface area (Å²) < 4.78 is 24.2.